The van der Waals surface area contributed by atoms with Crippen LogP contribution in [0.3, 0.4) is 0 Å². The van der Waals surface area contributed by atoms with E-state index in [1.54, 1.807) is 0 Å². The fourth-order valence-corrected chi connectivity index (χ4v) is 4.43. The van der Waals surface area contributed by atoms with Gasteiger partial charge in [0.15, 0.2) is 0 Å². The summed E-state index contributed by atoms with van der Waals surface area (Å²) in [5.74, 6) is 0.895. The lowest BCUT2D eigenvalue weighted by Crippen LogP contribution is -2.40. The first kappa shape index (κ1) is 23.9. The molecule has 4 rings (SSSR count). The van der Waals surface area contributed by atoms with Crippen LogP contribution in [-0.2, 0) is 24.1 Å². The number of hydrogen-bond donors (Lipinski definition) is 1. The van der Waals surface area contributed by atoms with Gasteiger partial charge in [-0.3, -0.25) is 14.7 Å². The van der Waals surface area contributed by atoms with Gasteiger partial charge in [-0.25, -0.2) is 9.97 Å². The number of pyridine rings is 1. The Hall–Kier alpha value is -3.21. The SMILES string of the molecule is CCN(Cc1ccc(C(F)(F)F)cn1)c1ncnc2c1ccn2CC1CCN(CC(N)=O)CC1. The number of rotatable bonds is 8. The van der Waals surface area contributed by atoms with Crippen LogP contribution in [0.1, 0.15) is 31.0 Å². The van der Waals surface area contributed by atoms with E-state index in [9.17, 15) is 18.0 Å². The highest BCUT2D eigenvalue weighted by atomic mass is 19.4. The summed E-state index contributed by atoms with van der Waals surface area (Å²) in [6.07, 6.45) is 1.94. The van der Waals surface area contributed by atoms with Gasteiger partial charge in [0, 0.05) is 25.5 Å². The van der Waals surface area contributed by atoms with E-state index >= 15 is 0 Å². The van der Waals surface area contributed by atoms with Gasteiger partial charge >= 0.3 is 6.18 Å². The zero-order chi connectivity index (χ0) is 24.3. The number of primary amides is 1. The lowest BCUT2D eigenvalue weighted by molar-refractivity contribution is -0.137. The predicted octanol–water partition coefficient (Wildman–Crippen LogP) is 3.07. The molecule has 1 fully saturated rings. The molecule has 0 bridgehead atoms. The molecule has 0 atom stereocenters. The number of nitrogens with zero attached hydrogens (tertiary/aromatic N) is 6. The molecule has 1 aliphatic heterocycles. The number of carbonyl (C=O) groups is 1. The molecule has 2 N–H and O–H groups in total. The van der Waals surface area contributed by atoms with Crippen molar-refractivity contribution in [2.45, 2.75) is 39.0 Å². The highest BCUT2D eigenvalue weighted by Gasteiger charge is 2.30. The quantitative estimate of drug-likeness (QED) is 0.538. The van der Waals surface area contributed by atoms with Crippen LogP contribution >= 0.6 is 0 Å². The second kappa shape index (κ2) is 9.96. The fourth-order valence-electron chi connectivity index (χ4n) is 4.43. The number of alkyl halides is 3. The van der Waals surface area contributed by atoms with Gasteiger partial charge in [-0.2, -0.15) is 13.2 Å². The maximum absolute atomic E-state index is 12.8. The third kappa shape index (κ3) is 5.46. The van der Waals surface area contributed by atoms with E-state index in [0.29, 0.717) is 31.2 Å². The van der Waals surface area contributed by atoms with E-state index in [0.717, 1.165) is 61.6 Å². The molecule has 1 saturated heterocycles. The van der Waals surface area contributed by atoms with Crippen molar-refractivity contribution in [3.8, 4) is 0 Å². The van der Waals surface area contributed by atoms with Crippen LogP contribution in [0, 0.1) is 5.92 Å². The predicted molar refractivity (Wildman–Crippen MR) is 122 cm³/mol. The van der Waals surface area contributed by atoms with Gasteiger partial charge in [0.2, 0.25) is 5.91 Å². The van der Waals surface area contributed by atoms with Gasteiger partial charge in [0.1, 0.15) is 17.8 Å². The minimum absolute atomic E-state index is 0.300. The summed E-state index contributed by atoms with van der Waals surface area (Å²) in [6, 6.07) is 4.44. The highest BCUT2D eigenvalue weighted by Crippen LogP contribution is 2.30. The molecule has 1 amide bonds. The number of carbonyl (C=O) groups excluding carboxylic acids is 1. The summed E-state index contributed by atoms with van der Waals surface area (Å²) in [5, 5.41) is 0.891. The Morgan fingerprint density at radius 3 is 2.56 bits per heavy atom. The van der Waals surface area contributed by atoms with Gasteiger partial charge in [-0.1, -0.05) is 0 Å². The summed E-state index contributed by atoms with van der Waals surface area (Å²) in [4.78, 5) is 28.2. The second-order valence-electron chi connectivity index (χ2n) is 8.64. The second-order valence-corrected chi connectivity index (χ2v) is 8.64. The van der Waals surface area contributed by atoms with Crippen molar-refractivity contribution >= 4 is 22.8 Å². The van der Waals surface area contributed by atoms with Crippen LogP contribution < -0.4 is 10.6 Å². The first-order valence-corrected chi connectivity index (χ1v) is 11.3. The lowest BCUT2D eigenvalue weighted by Gasteiger charge is -2.31. The molecule has 0 unspecified atom stereocenters. The molecule has 0 saturated carbocycles. The summed E-state index contributed by atoms with van der Waals surface area (Å²) < 4.78 is 40.6. The smallest absolute Gasteiger partial charge is 0.369 e. The number of likely N-dealkylation sites (tertiary alicyclic amines) is 1. The summed E-state index contributed by atoms with van der Waals surface area (Å²) in [6.45, 7) is 5.72. The zero-order valence-electron chi connectivity index (χ0n) is 19.0. The van der Waals surface area contributed by atoms with E-state index in [1.165, 1.54) is 12.4 Å². The summed E-state index contributed by atoms with van der Waals surface area (Å²) >= 11 is 0. The maximum atomic E-state index is 12.8. The number of nitrogens with two attached hydrogens (primary N) is 1. The monoisotopic (exact) mass is 475 g/mol. The van der Waals surface area contributed by atoms with Crippen LogP contribution in [0.25, 0.3) is 11.0 Å². The lowest BCUT2D eigenvalue weighted by atomic mass is 9.96. The van der Waals surface area contributed by atoms with Gasteiger partial charge in [0.05, 0.1) is 29.7 Å². The van der Waals surface area contributed by atoms with Gasteiger partial charge < -0.3 is 15.2 Å². The van der Waals surface area contributed by atoms with Crippen LogP contribution in [-0.4, -0.2) is 56.5 Å². The van der Waals surface area contributed by atoms with E-state index < -0.39 is 11.7 Å². The average Bonchev–Trinajstić information content (AvgIpc) is 3.21. The van der Waals surface area contributed by atoms with Crippen molar-refractivity contribution in [1.82, 2.24) is 24.4 Å². The molecular formula is C23H28F3N7O. The number of amides is 1. The van der Waals surface area contributed by atoms with Crippen molar-refractivity contribution in [2.75, 3.05) is 31.1 Å². The van der Waals surface area contributed by atoms with Crippen molar-refractivity contribution in [3.05, 3.63) is 48.2 Å². The molecule has 34 heavy (non-hydrogen) atoms. The number of halogens is 3. The number of hydrogen-bond acceptors (Lipinski definition) is 6. The number of aromatic nitrogens is 4. The van der Waals surface area contributed by atoms with Crippen LogP contribution in [0.5, 0.6) is 0 Å². The molecule has 0 aliphatic carbocycles. The standard InChI is InChI=1S/C23H28F3N7O/c1-2-32(13-18-4-3-17(11-28-18)23(24,25)26)21-19-7-10-33(22(19)30-15-29-21)12-16-5-8-31(9-6-16)14-20(27)34/h3-4,7,10-11,15-16H,2,5-6,8-9,12-14H2,1H3,(H2,27,34). The molecule has 11 heteroatoms. The molecule has 3 aromatic rings. The molecule has 1 aliphatic rings. The van der Waals surface area contributed by atoms with Crippen LogP contribution in [0.4, 0.5) is 19.0 Å². The maximum Gasteiger partial charge on any atom is 0.417 e. The Bertz CT molecular complexity index is 1120. The topological polar surface area (TPSA) is 93.2 Å². The molecule has 0 spiro atoms. The van der Waals surface area contributed by atoms with Crippen LogP contribution in [0.2, 0.25) is 0 Å². The highest BCUT2D eigenvalue weighted by molar-refractivity contribution is 5.87. The Balaban J connectivity index is 1.48. The van der Waals surface area contributed by atoms with E-state index in [2.05, 4.69) is 24.4 Å². The van der Waals surface area contributed by atoms with Crippen molar-refractivity contribution in [2.24, 2.45) is 11.7 Å². The van der Waals surface area contributed by atoms with Gasteiger partial charge in [-0.15, -0.1) is 0 Å². The zero-order valence-corrected chi connectivity index (χ0v) is 19.0. The Kier molecular flexibility index (Phi) is 7.01. The molecule has 0 aromatic carbocycles. The summed E-state index contributed by atoms with van der Waals surface area (Å²) in [5.41, 5.74) is 5.89. The first-order valence-electron chi connectivity index (χ1n) is 11.3. The first-order chi connectivity index (χ1) is 16.2. The largest absolute Gasteiger partial charge is 0.417 e. The van der Waals surface area contributed by atoms with E-state index in [1.807, 2.05) is 24.1 Å². The van der Waals surface area contributed by atoms with Crippen molar-refractivity contribution in [1.29, 1.82) is 0 Å². The fraction of sp³-hybridized carbons (Fsp3) is 0.478. The minimum atomic E-state index is -4.41. The Morgan fingerprint density at radius 2 is 1.94 bits per heavy atom. The van der Waals surface area contributed by atoms with Gasteiger partial charge in [0.25, 0.3) is 0 Å². The molecule has 3 aromatic heterocycles. The molecule has 8 nitrogen and oxygen atoms in total. The number of piperidine rings is 1. The molecular weight excluding hydrogens is 447 g/mol. The Morgan fingerprint density at radius 1 is 1.18 bits per heavy atom. The molecule has 4 heterocycles. The molecule has 182 valence electrons. The normalized spacial score (nSPS) is 15.6. The third-order valence-electron chi connectivity index (χ3n) is 6.26. The van der Waals surface area contributed by atoms with Crippen molar-refractivity contribution in [3.63, 3.8) is 0 Å². The van der Waals surface area contributed by atoms with Crippen molar-refractivity contribution < 1.29 is 18.0 Å². The Labute approximate surface area is 195 Å². The van der Waals surface area contributed by atoms with E-state index in [-0.39, 0.29) is 5.91 Å². The minimum Gasteiger partial charge on any atom is -0.369 e. The number of fused-ring (bicyclic) bond motifs is 1. The summed E-state index contributed by atoms with van der Waals surface area (Å²) in [7, 11) is 0. The molecule has 0 radical (unpaired) electrons. The third-order valence-corrected chi connectivity index (χ3v) is 6.26. The number of anilines is 1. The van der Waals surface area contributed by atoms with Gasteiger partial charge in [-0.05, 0) is 57.0 Å². The average molecular weight is 476 g/mol. The van der Waals surface area contributed by atoms with E-state index in [4.69, 9.17) is 5.73 Å². The van der Waals surface area contributed by atoms with Crippen LogP contribution in [0.15, 0.2) is 36.9 Å².